The predicted molar refractivity (Wildman–Crippen MR) is 50.5 cm³/mol. The van der Waals surface area contributed by atoms with Crippen LogP contribution in [0.5, 0.6) is 0 Å². The van der Waals surface area contributed by atoms with Crippen LogP contribution in [-0.2, 0) is 10.0 Å². The lowest BCUT2D eigenvalue weighted by molar-refractivity contribution is -0.0429. The van der Waals surface area contributed by atoms with Crippen molar-refractivity contribution in [2.24, 2.45) is 0 Å². The first-order valence-corrected chi connectivity index (χ1v) is 5.71. The number of hydrogen-bond donors (Lipinski definition) is 1. The van der Waals surface area contributed by atoms with Crippen molar-refractivity contribution in [3.05, 3.63) is 22.9 Å². The molecule has 1 aromatic rings. The minimum atomic E-state index is -5.39. The van der Waals surface area contributed by atoms with Crippen molar-refractivity contribution < 1.29 is 21.6 Å². The maximum atomic E-state index is 12.0. The largest absolute Gasteiger partial charge is 0.516 e. The van der Waals surface area contributed by atoms with Gasteiger partial charge in [0.1, 0.15) is 4.60 Å². The standard InChI is InChI=1S/C6H4BrF3N2O2S/c7-5-4(2-1-3-11-5)12-15(13,14)6(8,9)10/h1-3,12H. The molecule has 1 heterocycles. The number of nitrogens with zero attached hydrogens (tertiary/aromatic N) is 1. The quantitative estimate of drug-likeness (QED) is 0.851. The molecule has 1 N–H and O–H groups in total. The highest BCUT2D eigenvalue weighted by molar-refractivity contribution is 9.10. The number of halogens is 4. The van der Waals surface area contributed by atoms with Crippen molar-refractivity contribution in [3.63, 3.8) is 0 Å². The smallest absolute Gasteiger partial charge is 0.273 e. The van der Waals surface area contributed by atoms with E-state index in [2.05, 4.69) is 20.9 Å². The third-order valence-electron chi connectivity index (χ3n) is 1.31. The van der Waals surface area contributed by atoms with Gasteiger partial charge in [-0.05, 0) is 28.1 Å². The Labute approximate surface area is 91.7 Å². The summed E-state index contributed by atoms with van der Waals surface area (Å²) in [6.07, 6.45) is 1.30. The van der Waals surface area contributed by atoms with E-state index in [1.165, 1.54) is 17.0 Å². The summed E-state index contributed by atoms with van der Waals surface area (Å²) in [5.74, 6) is 0. The van der Waals surface area contributed by atoms with Crippen LogP contribution in [0.25, 0.3) is 0 Å². The van der Waals surface area contributed by atoms with Crippen molar-refractivity contribution >= 4 is 31.6 Å². The first kappa shape index (κ1) is 12.2. The SMILES string of the molecule is O=S(=O)(Nc1cccnc1Br)C(F)(F)F. The van der Waals surface area contributed by atoms with Crippen molar-refractivity contribution in [2.45, 2.75) is 5.51 Å². The molecule has 0 bridgehead atoms. The summed E-state index contributed by atoms with van der Waals surface area (Å²) in [5.41, 5.74) is -5.61. The maximum absolute atomic E-state index is 12.0. The highest BCUT2D eigenvalue weighted by atomic mass is 79.9. The molecule has 0 radical (unpaired) electrons. The molecule has 1 aromatic heterocycles. The van der Waals surface area contributed by atoms with Crippen LogP contribution < -0.4 is 4.72 Å². The van der Waals surface area contributed by atoms with Gasteiger partial charge in [-0.15, -0.1) is 0 Å². The molecule has 0 spiro atoms. The summed E-state index contributed by atoms with van der Waals surface area (Å²) >= 11 is 2.81. The average Bonchev–Trinajstić information content (AvgIpc) is 2.06. The summed E-state index contributed by atoms with van der Waals surface area (Å²) in [6.45, 7) is 0. The molecule has 0 saturated carbocycles. The van der Waals surface area contributed by atoms with E-state index in [-0.39, 0.29) is 10.3 Å². The molecule has 0 aliphatic rings. The third-order valence-corrected chi connectivity index (χ3v) is 3.04. The number of alkyl halides is 3. The minimum Gasteiger partial charge on any atom is -0.273 e. The molecule has 0 aliphatic carbocycles. The molecule has 15 heavy (non-hydrogen) atoms. The van der Waals surface area contributed by atoms with Crippen LogP contribution in [0.3, 0.4) is 0 Å². The number of rotatable bonds is 2. The molecule has 9 heteroatoms. The molecule has 0 unspecified atom stereocenters. The second kappa shape index (κ2) is 3.97. The topological polar surface area (TPSA) is 59.1 Å². The minimum absolute atomic E-state index is 0.0159. The molecule has 0 fully saturated rings. The fraction of sp³-hybridized carbons (Fsp3) is 0.167. The van der Waals surface area contributed by atoms with Gasteiger partial charge in [0, 0.05) is 6.20 Å². The normalized spacial score (nSPS) is 12.5. The van der Waals surface area contributed by atoms with E-state index in [4.69, 9.17) is 0 Å². The van der Waals surface area contributed by atoms with Crippen molar-refractivity contribution in [3.8, 4) is 0 Å². The van der Waals surface area contributed by atoms with E-state index < -0.39 is 15.5 Å². The molecular weight excluding hydrogens is 301 g/mol. The van der Waals surface area contributed by atoms with Crippen LogP contribution in [0.4, 0.5) is 18.9 Å². The molecule has 84 valence electrons. The Morgan fingerprint density at radius 2 is 2.00 bits per heavy atom. The number of hydrogen-bond acceptors (Lipinski definition) is 3. The summed E-state index contributed by atoms with van der Waals surface area (Å²) < 4.78 is 58.6. The Bertz CT molecular complexity index is 460. The van der Waals surface area contributed by atoms with Gasteiger partial charge in [0.2, 0.25) is 0 Å². The van der Waals surface area contributed by atoms with E-state index in [1.54, 1.807) is 0 Å². The zero-order valence-electron chi connectivity index (χ0n) is 6.92. The van der Waals surface area contributed by atoms with Gasteiger partial charge in [-0.25, -0.2) is 4.98 Å². The number of anilines is 1. The van der Waals surface area contributed by atoms with Crippen molar-refractivity contribution in [1.82, 2.24) is 4.98 Å². The van der Waals surface area contributed by atoms with Gasteiger partial charge in [0.05, 0.1) is 5.69 Å². The van der Waals surface area contributed by atoms with Crippen LogP contribution in [0.2, 0.25) is 0 Å². The first-order valence-electron chi connectivity index (χ1n) is 3.43. The van der Waals surface area contributed by atoms with E-state index in [0.717, 1.165) is 6.07 Å². The monoisotopic (exact) mass is 304 g/mol. The fourth-order valence-corrected chi connectivity index (χ4v) is 1.72. The fourth-order valence-electron chi connectivity index (χ4n) is 0.665. The van der Waals surface area contributed by atoms with Gasteiger partial charge in [-0.3, -0.25) is 4.72 Å². The van der Waals surface area contributed by atoms with Gasteiger partial charge >= 0.3 is 15.5 Å². The number of pyridine rings is 1. The molecule has 0 aliphatic heterocycles. The van der Waals surface area contributed by atoms with Gasteiger partial charge in [0.25, 0.3) is 0 Å². The van der Waals surface area contributed by atoms with Crippen LogP contribution in [0, 0.1) is 0 Å². The Morgan fingerprint density at radius 3 is 2.47 bits per heavy atom. The third kappa shape index (κ3) is 2.81. The van der Waals surface area contributed by atoms with E-state index in [9.17, 15) is 21.6 Å². The molecular formula is C6H4BrF3N2O2S. The maximum Gasteiger partial charge on any atom is 0.516 e. The first-order chi connectivity index (χ1) is 6.74. The van der Waals surface area contributed by atoms with Gasteiger partial charge < -0.3 is 0 Å². The van der Waals surface area contributed by atoms with Gasteiger partial charge in [-0.2, -0.15) is 21.6 Å². The summed E-state index contributed by atoms with van der Waals surface area (Å²) in [4.78, 5) is 3.57. The van der Waals surface area contributed by atoms with Crippen molar-refractivity contribution in [1.29, 1.82) is 0 Å². The molecule has 0 amide bonds. The van der Waals surface area contributed by atoms with Crippen molar-refractivity contribution in [2.75, 3.05) is 4.72 Å². The number of sulfonamides is 1. The Balaban J connectivity index is 3.03. The molecule has 0 aromatic carbocycles. The highest BCUT2D eigenvalue weighted by Gasteiger charge is 2.46. The average molecular weight is 305 g/mol. The van der Waals surface area contributed by atoms with E-state index >= 15 is 0 Å². The van der Waals surface area contributed by atoms with E-state index in [0.29, 0.717) is 0 Å². The molecule has 1 rings (SSSR count). The molecule has 0 saturated heterocycles. The van der Waals surface area contributed by atoms with Crippen LogP contribution in [0.1, 0.15) is 0 Å². The molecule has 4 nitrogen and oxygen atoms in total. The van der Waals surface area contributed by atoms with Gasteiger partial charge in [-0.1, -0.05) is 0 Å². The summed E-state index contributed by atoms with van der Waals surface area (Å²) in [7, 11) is -5.39. The second-order valence-corrected chi connectivity index (χ2v) is 4.82. The Kier molecular flexibility index (Phi) is 3.24. The Morgan fingerprint density at radius 1 is 1.40 bits per heavy atom. The lowest BCUT2D eigenvalue weighted by Crippen LogP contribution is -2.30. The lowest BCUT2D eigenvalue weighted by atomic mass is 10.4. The van der Waals surface area contributed by atoms with Crippen LogP contribution in [-0.4, -0.2) is 18.9 Å². The van der Waals surface area contributed by atoms with Gasteiger partial charge in [0.15, 0.2) is 0 Å². The Hall–Kier alpha value is -0.830. The van der Waals surface area contributed by atoms with E-state index in [1.807, 2.05) is 0 Å². The highest BCUT2D eigenvalue weighted by Crippen LogP contribution is 2.27. The lowest BCUT2D eigenvalue weighted by Gasteiger charge is -2.10. The molecule has 0 atom stereocenters. The zero-order chi connectivity index (χ0) is 11.7. The summed E-state index contributed by atoms with van der Waals surface area (Å²) in [5, 5.41) is 0. The number of nitrogens with one attached hydrogen (secondary N) is 1. The number of aromatic nitrogens is 1. The predicted octanol–water partition coefficient (Wildman–Crippen LogP) is 2.11. The zero-order valence-corrected chi connectivity index (χ0v) is 9.32. The van der Waals surface area contributed by atoms with Crippen LogP contribution >= 0.6 is 15.9 Å². The summed E-state index contributed by atoms with van der Waals surface area (Å²) in [6, 6.07) is 2.46. The second-order valence-electron chi connectivity index (χ2n) is 2.39. The van der Waals surface area contributed by atoms with Crippen LogP contribution in [0.15, 0.2) is 22.9 Å².